The predicted molar refractivity (Wildman–Crippen MR) is 96.9 cm³/mol. The number of ether oxygens (including phenoxy) is 1. The minimum atomic E-state index is -0.540. The number of benzene rings is 2. The number of para-hydroxylation sites is 1. The maximum Gasteiger partial charge on any atom is 0.419 e. The van der Waals surface area contributed by atoms with E-state index in [4.69, 9.17) is 10.5 Å². The molecule has 0 fully saturated rings. The fourth-order valence-corrected chi connectivity index (χ4v) is 2.74. The summed E-state index contributed by atoms with van der Waals surface area (Å²) in [5.74, 6) is 0. The number of nitrogens with two attached hydrogens (primary N) is 1. The van der Waals surface area contributed by atoms with Gasteiger partial charge in [-0.05, 0) is 44.0 Å². The fourth-order valence-electron chi connectivity index (χ4n) is 2.74. The highest BCUT2D eigenvalue weighted by Gasteiger charge is 2.21. The molecule has 3 rings (SSSR count). The van der Waals surface area contributed by atoms with E-state index >= 15 is 0 Å². The summed E-state index contributed by atoms with van der Waals surface area (Å²) < 4.78 is 7.10. The molecule has 0 amide bonds. The first kappa shape index (κ1) is 16.3. The summed E-state index contributed by atoms with van der Waals surface area (Å²) >= 11 is 0. The van der Waals surface area contributed by atoms with Crippen LogP contribution in [0.5, 0.6) is 0 Å². The molecule has 0 aliphatic carbocycles. The summed E-state index contributed by atoms with van der Waals surface area (Å²) in [6.45, 7) is 6.07. The van der Waals surface area contributed by atoms with Crippen molar-refractivity contribution < 1.29 is 9.53 Å². The summed E-state index contributed by atoms with van der Waals surface area (Å²) in [5, 5.41) is 1.01. The van der Waals surface area contributed by atoms with Crippen molar-refractivity contribution in [3.8, 4) is 11.1 Å². The SMILES string of the molecule is CC(C)(C)OC(=O)n1cc(-c2cccc(CN)c2)c2ccccc21. The maximum absolute atomic E-state index is 12.6. The number of carbonyl (C=O) groups is 1. The van der Waals surface area contributed by atoms with Crippen molar-refractivity contribution in [2.24, 2.45) is 5.73 Å². The minimum Gasteiger partial charge on any atom is -0.443 e. The van der Waals surface area contributed by atoms with E-state index in [-0.39, 0.29) is 6.09 Å². The first-order chi connectivity index (χ1) is 11.4. The van der Waals surface area contributed by atoms with E-state index in [2.05, 4.69) is 6.07 Å². The Morgan fingerprint density at radius 3 is 2.58 bits per heavy atom. The molecule has 0 radical (unpaired) electrons. The van der Waals surface area contributed by atoms with Crippen LogP contribution in [-0.4, -0.2) is 16.3 Å². The topological polar surface area (TPSA) is 57.2 Å². The van der Waals surface area contributed by atoms with Crippen LogP contribution in [-0.2, 0) is 11.3 Å². The van der Waals surface area contributed by atoms with Gasteiger partial charge in [-0.25, -0.2) is 4.79 Å². The van der Waals surface area contributed by atoms with Crippen molar-refractivity contribution in [3.63, 3.8) is 0 Å². The summed E-state index contributed by atoms with van der Waals surface area (Å²) in [5.41, 5.74) is 9.13. The van der Waals surface area contributed by atoms with Gasteiger partial charge in [0.2, 0.25) is 0 Å². The van der Waals surface area contributed by atoms with Crippen LogP contribution in [0.1, 0.15) is 26.3 Å². The van der Waals surface area contributed by atoms with E-state index < -0.39 is 5.60 Å². The van der Waals surface area contributed by atoms with E-state index in [0.29, 0.717) is 6.54 Å². The molecule has 0 atom stereocenters. The largest absolute Gasteiger partial charge is 0.443 e. The Hall–Kier alpha value is -2.59. The zero-order valence-electron chi connectivity index (χ0n) is 14.2. The lowest BCUT2D eigenvalue weighted by atomic mass is 10.0. The smallest absolute Gasteiger partial charge is 0.419 e. The zero-order chi connectivity index (χ0) is 17.3. The molecule has 2 aromatic carbocycles. The van der Waals surface area contributed by atoms with Crippen molar-refractivity contribution in [3.05, 3.63) is 60.3 Å². The molecule has 4 heteroatoms. The van der Waals surface area contributed by atoms with Crippen molar-refractivity contribution in [2.75, 3.05) is 0 Å². The second-order valence-electron chi connectivity index (χ2n) is 6.81. The Labute approximate surface area is 141 Å². The van der Waals surface area contributed by atoms with E-state index in [1.54, 1.807) is 4.57 Å². The van der Waals surface area contributed by atoms with Crippen molar-refractivity contribution in [2.45, 2.75) is 32.9 Å². The fraction of sp³-hybridized carbons (Fsp3) is 0.250. The molecule has 0 aliphatic heterocycles. The molecule has 0 spiro atoms. The Morgan fingerprint density at radius 1 is 1.12 bits per heavy atom. The molecular formula is C20H22N2O2. The molecule has 124 valence electrons. The van der Waals surface area contributed by atoms with Gasteiger partial charge >= 0.3 is 6.09 Å². The lowest BCUT2D eigenvalue weighted by Crippen LogP contribution is -2.26. The Bertz CT molecular complexity index is 888. The van der Waals surface area contributed by atoms with Crippen LogP contribution < -0.4 is 5.73 Å². The van der Waals surface area contributed by atoms with Crippen LogP contribution in [0.4, 0.5) is 4.79 Å². The number of hydrogen-bond donors (Lipinski definition) is 1. The van der Waals surface area contributed by atoms with Gasteiger partial charge in [-0.3, -0.25) is 4.57 Å². The third-order valence-corrected chi connectivity index (χ3v) is 3.78. The molecule has 2 N–H and O–H groups in total. The standard InChI is InChI=1S/C20H22N2O2/c1-20(2,3)24-19(23)22-13-17(16-9-4-5-10-18(16)22)15-8-6-7-14(11-15)12-21/h4-11,13H,12,21H2,1-3H3. The number of carbonyl (C=O) groups excluding carboxylic acids is 1. The lowest BCUT2D eigenvalue weighted by Gasteiger charge is -2.19. The lowest BCUT2D eigenvalue weighted by molar-refractivity contribution is 0.0544. The highest BCUT2D eigenvalue weighted by molar-refractivity contribution is 6.00. The van der Waals surface area contributed by atoms with Gasteiger partial charge in [-0.1, -0.05) is 36.4 Å². The van der Waals surface area contributed by atoms with Crippen molar-refractivity contribution in [1.29, 1.82) is 0 Å². The molecular weight excluding hydrogens is 300 g/mol. The number of nitrogens with zero attached hydrogens (tertiary/aromatic N) is 1. The molecule has 0 aliphatic rings. The molecule has 0 unspecified atom stereocenters. The quantitative estimate of drug-likeness (QED) is 0.753. The van der Waals surface area contributed by atoms with Crippen LogP contribution in [0.25, 0.3) is 22.0 Å². The van der Waals surface area contributed by atoms with Gasteiger partial charge in [0.15, 0.2) is 0 Å². The Balaban J connectivity index is 2.15. The van der Waals surface area contributed by atoms with Gasteiger partial charge in [-0.2, -0.15) is 0 Å². The van der Waals surface area contributed by atoms with Gasteiger partial charge in [0.05, 0.1) is 5.52 Å². The Morgan fingerprint density at radius 2 is 1.88 bits per heavy atom. The average molecular weight is 322 g/mol. The summed E-state index contributed by atoms with van der Waals surface area (Å²) in [6, 6.07) is 15.9. The molecule has 1 aromatic heterocycles. The second kappa shape index (κ2) is 6.13. The van der Waals surface area contributed by atoms with Gasteiger partial charge in [0, 0.05) is 23.7 Å². The normalized spacial score (nSPS) is 11.7. The van der Waals surface area contributed by atoms with E-state index in [1.165, 1.54) is 0 Å². The van der Waals surface area contributed by atoms with Gasteiger partial charge in [0.25, 0.3) is 0 Å². The maximum atomic E-state index is 12.6. The first-order valence-electron chi connectivity index (χ1n) is 8.02. The highest BCUT2D eigenvalue weighted by Crippen LogP contribution is 2.31. The van der Waals surface area contributed by atoms with E-state index in [1.807, 2.05) is 69.4 Å². The summed E-state index contributed by atoms with van der Waals surface area (Å²) in [4.78, 5) is 12.6. The molecule has 0 saturated heterocycles. The third-order valence-electron chi connectivity index (χ3n) is 3.78. The first-order valence-corrected chi connectivity index (χ1v) is 8.02. The number of rotatable bonds is 2. The molecule has 3 aromatic rings. The molecule has 24 heavy (non-hydrogen) atoms. The van der Waals surface area contributed by atoms with Crippen molar-refractivity contribution >= 4 is 17.0 Å². The minimum absolute atomic E-state index is 0.375. The molecule has 1 heterocycles. The second-order valence-corrected chi connectivity index (χ2v) is 6.81. The molecule has 0 saturated carbocycles. The van der Waals surface area contributed by atoms with Crippen LogP contribution in [0.2, 0.25) is 0 Å². The summed E-state index contributed by atoms with van der Waals surface area (Å²) in [6.07, 6.45) is 1.47. The Kier molecular flexibility index (Phi) is 4.16. The monoisotopic (exact) mass is 322 g/mol. The van der Waals surface area contributed by atoms with Crippen LogP contribution >= 0.6 is 0 Å². The molecule has 0 bridgehead atoms. The van der Waals surface area contributed by atoms with E-state index in [0.717, 1.165) is 27.6 Å². The van der Waals surface area contributed by atoms with Gasteiger partial charge < -0.3 is 10.5 Å². The number of aromatic nitrogens is 1. The van der Waals surface area contributed by atoms with Gasteiger partial charge in [-0.15, -0.1) is 0 Å². The highest BCUT2D eigenvalue weighted by atomic mass is 16.6. The van der Waals surface area contributed by atoms with Crippen LogP contribution in [0.15, 0.2) is 54.7 Å². The number of fused-ring (bicyclic) bond motifs is 1. The van der Waals surface area contributed by atoms with E-state index in [9.17, 15) is 4.79 Å². The van der Waals surface area contributed by atoms with Crippen LogP contribution in [0.3, 0.4) is 0 Å². The average Bonchev–Trinajstić information content (AvgIpc) is 2.93. The zero-order valence-corrected chi connectivity index (χ0v) is 14.2. The predicted octanol–water partition coefficient (Wildman–Crippen LogP) is 4.55. The number of hydrogen-bond acceptors (Lipinski definition) is 3. The van der Waals surface area contributed by atoms with Gasteiger partial charge in [0.1, 0.15) is 5.60 Å². The van der Waals surface area contributed by atoms with Crippen LogP contribution in [0, 0.1) is 0 Å². The summed E-state index contributed by atoms with van der Waals surface area (Å²) in [7, 11) is 0. The van der Waals surface area contributed by atoms with Crippen molar-refractivity contribution in [1.82, 2.24) is 4.57 Å². The third kappa shape index (κ3) is 3.19. The molecule has 4 nitrogen and oxygen atoms in total.